The minimum atomic E-state index is -0.0761. The fourth-order valence-corrected chi connectivity index (χ4v) is 2.49. The molecule has 1 amide bonds. The van der Waals surface area contributed by atoms with Gasteiger partial charge in [-0.05, 0) is 43.9 Å². The lowest BCUT2D eigenvalue weighted by atomic mass is 9.97. The number of aryl methyl sites for hydroxylation is 1. The van der Waals surface area contributed by atoms with Gasteiger partial charge in [-0.3, -0.25) is 4.79 Å². The van der Waals surface area contributed by atoms with E-state index in [0.29, 0.717) is 6.04 Å². The standard InChI is InChI=1S/C16H24N2O/c1-3-13-6-8-14(9-7-13)12(2)16(19)18-15-5-4-10-17-11-15/h6-9,12,15,17H,3-5,10-11H2,1-2H3,(H,18,19)/t12?,15-/m0/s1. The Morgan fingerprint density at radius 3 is 2.74 bits per heavy atom. The molecule has 1 aliphatic rings. The molecule has 0 bridgehead atoms. The number of benzene rings is 1. The smallest absolute Gasteiger partial charge is 0.227 e. The summed E-state index contributed by atoms with van der Waals surface area (Å²) in [6.45, 7) is 6.08. The van der Waals surface area contributed by atoms with Crippen molar-refractivity contribution in [2.75, 3.05) is 13.1 Å². The van der Waals surface area contributed by atoms with Crippen LogP contribution in [0.25, 0.3) is 0 Å². The molecule has 0 aromatic heterocycles. The van der Waals surface area contributed by atoms with Crippen LogP contribution in [0.4, 0.5) is 0 Å². The van der Waals surface area contributed by atoms with Crippen molar-refractivity contribution in [3.63, 3.8) is 0 Å². The van der Waals surface area contributed by atoms with E-state index in [1.807, 2.05) is 6.92 Å². The van der Waals surface area contributed by atoms with Gasteiger partial charge in [0.15, 0.2) is 0 Å². The first-order valence-corrected chi connectivity index (χ1v) is 7.30. The predicted octanol–water partition coefficient (Wildman–Crippen LogP) is 2.22. The van der Waals surface area contributed by atoms with Crippen LogP contribution in [-0.2, 0) is 11.2 Å². The Hall–Kier alpha value is -1.35. The Kier molecular flexibility index (Phi) is 4.97. The number of carbonyl (C=O) groups is 1. The molecule has 0 aliphatic carbocycles. The Morgan fingerprint density at radius 2 is 2.16 bits per heavy atom. The van der Waals surface area contributed by atoms with Crippen LogP contribution in [0.3, 0.4) is 0 Å². The molecule has 1 aromatic carbocycles. The fourth-order valence-electron chi connectivity index (χ4n) is 2.49. The lowest BCUT2D eigenvalue weighted by Gasteiger charge is -2.25. The van der Waals surface area contributed by atoms with Gasteiger partial charge in [-0.15, -0.1) is 0 Å². The molecule has 2 atom stereocenters. The lowest BCUT2D eigenvalue weighted by molar-refractivity contribution is -0.123. The van der Waals surface area contributed by atoms with E-state index < -0.39 is 0 Å². The summed E-state index contributed by atoms with van der Waals surface area (Å²) in [6.07, 6.45) is 3.26. The Morgan fingerprint density at radius 1 is 1.42 bits per heavy atom. The highest BCUT2D eigenvalue weighted by atomic mass is 16.1. The molecule has 0 saturated carbocycles. The maximum absolute atomic E-state index is 12.2. The molecule has 1 unspecified atom stereocenters. The maximum Gasteiger partial charge on any atom is 0.227 e. The highest BCUT2D eigenvalue weighted by Gasteiger charge is 2.20. The highest BCUT2D eigenvalue weighted by Crippen LogP contribution is 2.17. The van der Waals surface area contributed by atoms with Crippen molar-refractivity contribution in [2.45, 2.75) is 45.1 Å². The van der Waals surface area contributed by atoms with E-state index in [4.69, 9.17) is 0 Å². The molecule has 1 saturated heterocycles. The number of piperidine rings is 1. The van der Waals surface area contributed by atoms with Gasteiger partial charge in [0.2, 0.25) is 5.91 Å². The largest absolute Gasteiger partial charge is 0.352 e. The van der Waals surface area contributed by atoms with Gasteiger partial charge in [-0.25, -0.2) is 0 Å². The van der Waals surface area contributed by atoms with Crippen molar-refractivity contribution < 1.29 is 4.79 Å². The molecule has 1 aromatic rings. The molecule has 19 heavy (non-hydrogen) atoms. The summed E-state index contributed by atoms with van der Waals surface area (Å²) in [7, 11) is 0. The summed E-state index contributed by atoms with van der Waals surface area (Å²) in [5.41, 5.74) is 2.41. The van der Waals surface area contributed by atoms with Crippen LogP contribution < -0.4 is 10.6 Å². The summed E-state index contributed by atoms with van der Waals surface area (Å²) in [6, 6.07) is 8.66. The average molecular weight is 260 g/mol. The summed E-state index contributed by atoms with van der Waals surface area (Å²) in [5.74, 6) is 0.0609. The third kappa shape index (κ3) is 3.80. The molecule has 0 radical (unpaired) electrons. The van der Waals surface area contributed by atoms with Crippen LogP contribution in [0.2, 0.25) is 0 Å². The van der Waals surface area contributed by atoms with Crippen LogP contribution in [-0.4, -0.2) is 25.0 Å². The van der Waals surface area contributed by atoms with E-state index in [-0.39, 0.29) is 11.8 Å². The third-order valence-corrected chi connectivity index (χ3v) is 3.92. The molecule has 104 valence electrons. The molecule has 2 N–H and O–H groups in total. The van der Waals surface area contributed by atoms with Crippen molar-refractivity contribution in [2.24, 2.45) is 0 Å². The first-order valence-electron chi connectivity index (χ1n) is 7.30. The molecule has 0 spiro atoms. The summed E-state index contributed by atoms with van der Waals surface area (Å²) >= 11 is 0. The fraction of sp³-hybridized carbons (Fsp3) is 0.562. The summed E-state index contributed by atoms with van der Waals surface area (Å²) < 4.78 is 0. The highest BCUT2D eigenvalue weighted by molar-refractivity contribution is 5.83. The Balaban J connectivity index is 1.93. The second-order valence-corrected chi connectivity index (χ2v) is 5.37. The normalized spacial score (nSPS) is 20.8. The molecule has 3 nitrogen and oxygen atoms in total. The number of amides is 1. The van der Waals surface area contributed by atoms with Gasteiger partial charge >= 0.3 is 0 Å². The van der Waals surface area contributed by atoms with Gasteiger partial charge in [0.25, 0.3) is 0 Å². The van der Waals surface area contributed by atoms with E-state index in [2.05, 4.69) is 41.8 Å². The van der Waals surface area contributed by atoms with Crippen LogP contribution in [0, 0.1) is 0 Å². The number of carbonyl (C=O) groups excluding carboxylic acids is 1. The van der Waals surface area contributed by atoms with Gasteiger partial charge in [0.1, 0.15) is 0 Å². The zero-order valence-corrected chi connectivity index (χ0v) is 11.9. The molecule has 3 heteroatoms. The number of nitrogens with one attached hydrogen (secondary N) is 2. The average Bonchev–Trinajstić information content (AvgIpc) is 2.47. The number of rotatable bonds is 4. The van der Waals surface area contributed by atoms with E-state index in [0.717, 1.165) is 37.9 Å². The van der Waals surface area contributed by atoms with Crippen molar-refractivity contribution in [1.82, 2.24) is 10.6 Å². The third-order valence-electron chi connectivity index (χ3n) is 3.92. The first-order chi connectivity index (χ1) is 9.20. The van der Waals surface area contributed by atoms with Crippen molar-refractivity contribution in [1.29, 1.82) is 0 Å². The molecule has 1 fully saturated rings. The molecule has 1 aliphatic heterocycles. The van der Waals surface area contributed by atoms with Gasteiger partial charge in [-0.2, -0.15) is 0 Å². The number of hydrogen-bond donors (Lipinski definition) is 2. The molecule has 2 rings (SSSR count). The van der Waals surface area contributed by atoms with Crippen LogP contribution >= 0.6 is 0 Å². The molecule has 1 heterocycles. The predicted molar refractivity (Wildman–Crippen MR) is 78.3 cm³/mol. The SMILES string of the molecule is CCc1ccc(C(C)C(=O)N[C@H]2CCCNC2)cc1. The van der Waals surface area contributed by atoms with Crippen LogP contribution in [0.15, 0.2) is 24.3 Å². The van der Waals surface area contributed by atoms with E-state index >= 15 is 0 Å². The second kappa shape index (κ2) is 6.71. The van der Waals surface area contributed by atoms with E-state index in [1.165, 1.54) is 5.56 Å². The van der Waals surface area contributed by atoms with Crippen LogP contribution in [0.1, 0.15) is 43.7 Å². The van der Waals surface area contributed by atoms with Gasteiger partial charge < -0.3 is 10.6 Å². The quantitative estimate of drug-likeness (QED) is 0.871. The summed E-state index contributed by atoms with van der Waals surface area (Å²) in [5, 5.41) is 6.46. The lowest BCUT2D eigenvalue weighted by Crippen LogP contribution is -2.46. The van der Waals surface area contributed by atoms with Crippen molar-refractivity contribution in [3.05, 3.63) is 35.4 Å². The van der Waals surface area contributed by atoms with Crippen LogP contribution in [0.5, 0.6) is 0 Å². The van der Waals surface area contributed by atoms with E-state index in [9.17, 15) is 4.79 Å². The topological polar surface area (TPSA) is 41.1 Å². The maximum atomic E-state index is 12.2. The Labute approximate surface area is 115 Å². The summed E-state index contributed by atoms with van der Waals surface area (Å²) in [4.78, 5) is 12.2. The van der Waals surface area contributed by atoms with Gasteiger partial charge in [0.05, 0.1) is 5.92 Å². The number of hydrogen-bond acceptors (Lipinski definition) is 2. The second-order valence-electron chi connectivity index (χ2n) is 5.37. The van der Waals surface area contributed by atoms with Gasteiger partial charge in [-0.1, -0.05) is 31.2 Å². The zero-order chi connectivity index (χ0) is 13.7. The Bertz CT molecular complexity index is 407. The van der Waals surface area contributed by atoms with Gasteiger partial charge in [0, 0.05) is 12.6 Å². The minimum Gasteiger partial charge on any atom is -0.352 e. The first kappa shape index (κ1) is 14.1. The minimum absolute atomic E-state index is 0.0761. The van der Waals surface area contributed by atoms with E-state index in [1.54, 1.807) is 0 Å². The molecular formula is C16H24N2O. The monoisotopic (exact) mass is 260 g/mol. The van der Waals surface area contributed by atoms with Crippen molar-refractivity contribution in [3.8, 4) is 0 Å². The van der Waals surface area contributed by atoms with Crippen molar-refractivity contribution >= 4 is 5.91 Å². The zero-order valence-electron chi connectivity index (χ0n) is 11.9. The molecular weight excluding hydrogens is 236 g/mol.